The van der Waals surface area contributed by atoms with E-state index in [1.165, 1.54) is 7.11 Å². The first-order valence-corrected chi connectivity index (χ1v) is 12.0. The van der Waals surface area contributed by atoms with Crippen LogP contribution in [0, 0.1) is 6.92 Å². The number of likely N-dealkylation sites (N-methyl/N-ethyl adjacent to an activating group) is 1. The third-order valence-electron chi connectivity index (χ3n) is 5.00. The zero-order valence-corrected chi connectivity index (χ0v) is 19.8. The van der Waals surface area contributed by atoms with Gasteiger partial charge in [-0.3, -0.25) is 4.79 Å². The largest absolute Gasteiger partial charge is 0.495 e. The summed E-state index contributed by atoms with van der Waals surface area (Å²) in [4.78, 5) is 12.6. The average molecular weight is 469 g/mol. The molecule has 174 valence electrons. The molecular formula is C25H28N2O5S. The van der Waals surface area contributed by atoms with Crippen molar-refractivity contribution in [3.05, 3.63) is 83.9 Å². The lowest BCUT2D eigenvalue weighted by atomic mass is 10.2. The van der Waals surface area contributed by atoms with Crippen molar-refractivity contribution in [3.63, 3.8) is 0 Å². The fourth-order valence-electron chi connectivity index (χ4n) is 3.23. The SMILES string of the molecule is CCN(CC(=O)Nc1ccc(OCc2ccccc2)cc1)S(=O)(=O)c1cc(C)ccc1OC. The molecule has 0 saturated carbocycles. The number of hydrogen-bond donors (Lipinski definition) is 1. The molecule has 0 aliphatic rings. The number of nitrogens with zero attached hydrogens (tertiary/aromatic N) is 1. The van der Waals surface area contributed by atoms with Gasteiger partial charge in [0.15, 0.2) is 0 Å². The van der Waals surface area contributed by atoms with E-state index >= 15 is 0 Å². The molecule has 8 heteroatoms. The van der Waals surface area contributed by atoms with E-state index in [0.717, 1.165) is 15.4 Å². The molecule has 3 aromatic carbocycles. The molecule has 0 aliphatic carbocycles. The molecule has 1 N–H and O–H groups in total. The van der Waals surface area contributed by atoms with Gasteiger partial charge in [-0.25, -0.2) is 8.42 Å². The van der Waals surface area contributed by atoms with Gasteiger partial charge in [-0.2, -0.15) is 4.31 Å². The topological polar surface area (TPSA) is 84.9 Å². The highest BCUT2D eigenvalue weighted by Crippen LogP contribution is 2.27. The van der Waals surface area contributed by atoms with E-state index < -0.39 is 15.9 Å². The summed E-state index contributed by atoms with van der Waals surface area (Å²) in [5.41, 5.74) is 2.39. The molecule has 0 saturated heterocycles. The molecule has 0 heterocycles. The lowest BCUT2D eigenvalue weighted by Gasteiger charge is -2.21. The molecule has 33 heavy (non-hydrogen) atoms. The van der Waals surface area contributed by atoms with Crippen molar-refractivity contribution in [3.8, 4) is 11.5 Å². The summed E-state index contributed by atoms with van der Waals surface area (Å²) >= 11 is 0. The fraction of sp³-hybridized carbons (Fsp3) is 0.240. The highest BCUT2D eigenvalue weighted by atomic mass is 32.2. The molecule has 0 atom stereocenters. The smallest absolute Gasteiger partial charge is 0.247 e. The van der Waals surface area contributed by atoms with Gasteiger partial charge in [0, 0.05) is 12.2 Å². The number of nitrogens with one attached hydrogen (secondary N) is 1. The average Bonchev–Trinajstić information content (AvgIpc) is 2.82. The summed E-state index contributed by atoms with van der Waals surface area (Å²) in [6.07, 6.45) is 0. The van der Waals surface area contributed by atoms with E-state index in [2.05, 4.69) is 5.32 Å². The van der Waals surface area contributed by atoms with Gasteiger partial charge in [-0.1, -0.05) is 43.3 Å². The number of ether oxygens (including phenoxy) is 2. The molecule has 0 fully saturated rings. The molecule has 0 unspecified atom stereocenters. The van der Waals surface area contributed by atoms with Gasteiger partial charge in [0.2, 0.25) is 15.9 Å². The summed E-state index contributed by atoms with van der Waals surface area (Å²) in [6.45, 7) is 3.75. The van der Waals surface area contributed by atoms with Crippen molar-refractivity contribution in [1.82, 2.24) is 4.31 Å². The summed E-state index contributed by atoms with van der Waals surface area (Å²) < 4.78 is 38.4. The van der Waals surface area contributed by atoms with Crippen molar-refractivity contribution in [2.75, 3.05) is 25.5 Å². The van der Waals surface area contributed by atoms with Crippen LogP contribution >= 0.6 is 0 Å². The Morgan fingerprint density at radius 2 is 1.70 bits per heavy atom. The third kappa shape index (κ3) is 6.34. The van der Waals surface area contributed by atoms with Crippen LogP contribution in [0.15, 0.2) is 77.7 Å². The van der Waals surface area contributed by atoms with Crippen molar-refractivity contribution in [2.24, 2.45) is 0 Å². The van der Waals surface area contributed by atoms with Crippen molar-refractivity contribution in [1.29, 1.82) is 0 Å². The Bertz CT molecular complexity index is 1180. The van der Waals surface area contributed by atoms with Crippen LogP contribution < -0.4 is 14.8 Å². The van der Waals surface area contributed by atoms with Crippen molar-refractivity contribution in [2.45, 2.75) is 25.3 Å². The summed E-state index contributed by atoms with van der Waals surface area (Å²) in [6, 6.07) is 21.7. The van der Waals surface area contributed by atoms with E-state index in [1.807, 2.05) is 30.3 Å². The Hall–Kier alpha value is -3.36. The Morgan fingerprint density at radius 3 is 2.33 bits per heavy atom. The van der Waals surface area contributed by atoms with Gasteiger partial charge >= 0.3 is 0 Å². The Morgan fingerprint density at radius 1 is 1.00 bits per heavy atom. The number of aryl methyl sites for hydroxylation is 1. The molecular weight excluding hydrogens is 440 g/mol. The number of benzene rings is 3. The number of amides is 1. The molecule has 0 aromatic heterocycles. The van der Waals surface area contributed by atoms with E-state index in [4.69, 9.17) is 9.47 Å². The number of rotatable bonds is 10. The van der Waals surface area contributed by atoms with Crippen LogP contribution in [0.2, 0.25) is 0 Å². The molecule has 3 aromatic rings. The van der Waals surface area contributed by atoms with E-state index in [9.17, 15) is 13.2 Å². The van der Waals surface area contributed by atoms with Gasteiger partial charge in [0.25, 0.3) is 0 Å². The zero-order chi connectivity index (χ0) is 23.8. The molecule has 0 aliphatic heterocycles. The number of hydrogen-bond acceptors (Lipinski definition) is 5. The maximum atomic E-state index is 13.2. The van der Waals surface area contributed by atoms with Gasteiger partial charge in [0.05, 0.1) is 13.7 Å². The van der Waals surface area contributed by atoms with Gasteiger partial charge < -0.3 is 14.8 Å². The van der Waals surface area contributed by atoms with Gasteiger partial charge in [-0.05, 0) is 54.4 Å². The van der Waals surface area contributed by atoms with Crippen LogP contribution in [0.25, 0.3) is 0 Å². The maximum Gasteiger partial charge on any atom is 0.247 e. The summed E-state index contributed by atoms with van der Waals surface area (Å²) in [5.74, 6) is 0.469. The number of carbonyl (C=O) groups is 1. The van der Waals surface area contributed by atoms with Crippen LogP contribution in [0.4, 0.5) is 5.69 Å². The zero-order valence-electron chi connectivity index (χ0n) is 18.9. The first kappa shape index (κ1) is 24.3. The lowest BCUT2D eigenvalue weighted by Crippen LogP contribution is -2.38. The second-order valence-corrected chi connectivity index (χ2v) is 9.34. The molecule has 1 amide bonds. The molecule has 7 nitrogen and oxygen atoms in total. The Balaban J connectivity index is 1.63. The molecule has 0 bridgehead atoms. The van der Waals surface area contributed by atoms with E-state index in [-0.39, 0.29) is 23.7 Å². The van der Waals surface area contributed by atoms with E-state index in [0.29, 0.717) is 18.0 Å². The molecule has 0 radical (unpaired) electrons. The summed E-state index contributed by atoms with van der Waals surface area (Å²) in [5, 5.41) is 2.74. The van der Waals surface area contributed by atoms with Crippen molar-refractivity contribution >= 4 is 21.6 Å². The van der Waals surface area contributed by atoms with Crippen LogP contribution in [-0.2, 0) is 21.4 Å². The minimum Gasteiger partial charge on any atom is -0.495 e. The predicted octanol–water partition coefficient (Wildman–Crippen LogP) is 4.23. The van der Waals surface area contributed by atoms with E-state index in [1.54, 1.807) is 56.3 Å². The number of sulfonamides is 1. The maximum absolute atomic E-state index is 13.2. The number of methoxy groups -OCH3 is 1. The highest BCUT2D eigenvalue weighted by Gasteiger charge is 2.28. The third-order valence-corrected chi connectivity index (χ3v) is 6.94. The van der Waals surface area contributed by atoms with Crippen LogP contribution in [0.1, 0.15) is 18.1 Å². The van der Waals surface area contributed by atoms with Gasteiger partial charge in [-0.15, -0.1) is 0 Å². The number of anilines is 1. The van der Waals surface area contributed by atoms with Gasteiger partial charge in [0.1, 0.15) is 23.0 Å². The lowest BCUT2D eigenvalue weighted by molar-refractivity contribution is -0.116. The summed E-state index contributed by atoms with van der Waals surface area (Å²) in [7, 11) is -2.50. The Labute approximate surface area is 195 Å². The minimum absolute atomic E-state index is 0.0413. The molecule has 3 rings (SSSR count). The standard InChI is InChI=1S/C25H28N2O5S/c1-4-27(33(29,30)24-16-19(2)10-15-23(24)31-3)17-25(28)26-21-11-13-22(14-12-21)32-18-20-8-6-5-7-9-20/h5-16H,4,17-18H2,1-3H3,(H,26,28). The van der Waals surface area contributed by atoms with Crippen LogP contribution in [0.3, 0.4) is 0 Å². The first-order valence-electron chi connectivity index (χ1n) is 10.5. The normalized spacial score (nSPS) is 11.3. The van der Waals surface area contributed by atoms with Crippen LogP contribution in [-0.4, -0.2) is 38.8 Å². The second kappa shape index (κ2) is 11.0. The Kier molecular flexibility index (Phi) is 8.08. The second-order valence-electron chi connectivity index (χ2n) is 7.43. The fourth-order valence-corrected chi connectivity index (χ4v) is 4.87. The monoisotopic (exact) mass is 468 g/mol. The molecule has 0 spiro atoms. The minimum atomic E-state index is -3.92. The highest BCUT2D eigenvalue weighted by molar-refractivity contribution is 7.89. The first-order chi connectivity index (χ1) is 15.8. The van der Waals surface area contributed by atoms with Crippen LogP contribution in [0.5, 0.6) is 11.5 Å². The number of carbonyl (C=O) groups excluding carboxylic acids is 1. The quantitative estimate of drug-likeness (QED) is 0.481. The van der Waals surface area contributed by atoms with Crippen molar-refractivity contribution < 1.29 is 22.7 Å². The predicted molar refractivity (Wildman–Crippen MR) is 128 cm³/mol.